The average Bonchev–Trinajstić information content (AvgIpc) is 3.02. The van der Waals surface area contributed by atoms with Crippen molar-refractivity contribution in [2.75, 3.05) is 0 Å². The van der Waals surface area contributed by atoms with E-state index in [9.17, 15) is 0 Å². The van der Waals surface area contributed by atoms with Crippen LogP contribution < -0.4 is 0 Å². The van der Waals surface area contributed by atoms with Gasteiger partial charge >= 0.3 is 0 Å². The van der Waals surface area contributed by atoms with Crippen LogP contribution in [0.4, 0.5) is 0 Å². The Morgan fingerprint density at radius 1 is 0.500 bits per heavy atom. The maximum Gasteiger partial charge on any atom is 0.00949 e. The van der Waals surface area contributed by atoms with E-state index in [0.717, 1.165) is 25.7 Å². The van der Waals surface area contributed by atoms with Crippen LogP contribution >= 0.6 is 0 Å². The van der Waals surface area contributed by atoms with Gasteiger partial charge in [-0.15, -0.1) is 0 Å². The molecule has 0 saturated carbocycles. The smallest absolute Gasteiger partial charge is 0.00949 e. The summed E-state index contributed by atoms with van der Waals surface area (Å²) in [5, 5.41) is 0. The Kier molecular flexibility index (Phi) is 12.3. The fourth-order valence-corrected chi connectivity index (χ4v) is 8.22. The van der Waals surface area contributed by atoms with E-state index in [-0.39, 0.29) is 10.8 Å². The van der Waals surface area contributed by atoms with E-state index in [2.05, 4.69) is 151 Å². The van der Waals surface area contributed by atoms with Gasteiger partial charge in [0.1, 0.15) is 0 Å². The van der Waals surface area contributed by atoms with Crippen LogP contribution in [0.25, 0.3) is 22.3 Å². The van der Waals surface area contributed by atoms with E-state index < -0.39 is 0 Å². The van der Waals surface area contributed by atoms with Crippen molar-refractivity contribution in [3.63, 3.8) is 0 Å². The van der Waals surface area contributed by atoms with Crippen LogP contribution in [-0.2, 0) is 23.7 Å². The third kappa shape index (κ3) is 8.18. The number of hydrogen-bond donors (Lipinski definition) is 0. The zero-order chi connectivity index (χ0) is 35.4. The summed E-state index contributed by atoms with van der Waals surface area (Å²) in [5.41, 5.74) is 20.5. The first kappa shape index (κ1) is 37.7. The molecule has 0 atom stereocenters. The molecule has 4 rings (SSSR count). The van der Waals surface area contributed by atoms with Gasteiger partial charge in [-0.05, 0) is 149 Å². The maximum absolute atomic E-state index is 2.50. The molecule has 0 nitrogen and oxygen atoms in total. The average molecular weight is 643 g/mol. The Labute approximate surface area is 295 Å². The first-order valence-electron chi connectivity index (χ1n) is 19.1. The van der Waals surface area contributed by atoms with E-state index in [1.54, 1.807) is 0 Å². The van der Waals surface area contributed by atoms with Gasteiger partial charge < -0.3 is 0 Å². The molecule has 0 saturated heterocycles. The van der Waals surface area contributed by atoms with Gasteiger partial charge in [-0.3, -0.25) is 0 Å². The molecule has 0 unspecified atom stereocenters. The number of hydrogen-bond acceptors (Lipinski definition) is 0. The van der Waals surface area contributed by atoms with E-state index in [0.29, 0.717) is 5.92 Å². The highest BCUT2D eigenvalue weighted by atomic mass is 14.3. The summed E-state index contributed by atoms with van der Waals surface area (Å²) in [6.07, 6.45) is 9.41. The fourth-order valence-electron chi connectivity index (χ4n) is 8.22. The Bertz CT molecular complexity index is 1570. The number of unbranched alkanes of at least 4 members (excludes halogenated alkanes) is 2. The molecule has 0 aliphatic rings. The van der Waals surface area contributed by atoms with Gasteiger partial charge in [-0.25, -0.2) is 0 Å². The topological polar surface area (TPSA) is 0 Å². The summed E-state index contributed by atoms with van der Waals surface area (Å²) in [6.45, 7) is 30.4. The molecular weight excluding hydrogens is 577 g/mol. The third-order valence-corrected chi connectivity index (χ3v) is 10.8. The number of aryl methyl sites for hydroxylation is 4. The molecule has 0 heteroatoms. The van der Waals surface area contributed by atoms with Crippen molar-refractivity contribution in [1.82, 2.24) is 0 Å². The molecule has 0 fully saturated rings. The zero-order valence-electron chi connectivity index (χ0n) is 33.0. The maximum atomic E-state index is 2.50. The molecular formula is C48H66. The van der Waals surface area contributed by atoms with Crippen molar-refractivity contribution < 1.29 is 0 Å². The molecule has 258 valence electrons. The minimum Gasteiger partial charge on any atom is -0.0654 e. The van der Waals surface area contributed by atoms with Gasteiger partial charge in [0, 0.05) is 5.92 Å². The Morgan fingerprint density at radius 3 is 1.23 bits per heavy atom. The molecule has 4 aromatic carbocycles. The summed E-state index contributed by atoms with van der Waals surface area (Å²) < 4.78 is 0. The van der Waals surface area contributed by atoms with E-state index in [1.807, 2.05) is 0 Å². The van der Waals surface area contributed by atoms with Crippen molar-refractivity contribution in [2.24, 2.45) is 0 Å². The lowest BCUT2D eigenvalue weighted by Gasteiger charge is -2.28. The Balaban J connectivity index is 1.98. The highest BCUT2D eigenvalue weighted by Gasteiger charge is 2.25. The predicted octanol–water partition coefficient (Wildman–Crippen LogP) is 14.5. The van der Waals surface area contributed by atoms with Crippen LogP contribution in [0.5, 0.6) is 0 Å². The minimum atomic E-state index is 0.107. The van der Waals surface area contributed by atoms with Crippen LogP contribution in [0.15, 0.2) is 60.7 Å². The van der Waals surface area contributed by atoms with Crippen molar-refractivity contribution in [3.05, 3.63) is 116 Å². The van der Waals surface area contributed by atoms with Crippen LogP contribution in [0, 0.1) is 27.7 Å². The largest absolute Gasteiger partial charge is 0.0654 e. The second kappa shape index (κ2) is 15.6. The summed E-state index contributed by atoms with van der Waals surface area (Å²) >= 11 is 0. The van der Waals surface area contributed by atoms with Crippen LogP contribution in [0.3, 0.4) is 0 Å². The van der Waals surface area contributed by atoms with Crippen LogP contribution in [0.2, 0.25) is 0 Å². The first-order valence-corrected chi connectivity index (χ1v) is 19.1. The molecule has 0 amide bonds. The number of benzene rings is 4. The molecule has 0 N–H and O–H groups in total. The predicted molar refractivity (Wildman–Crippen MR) is 214 cm³/mol. The van der Waals surface area contributed by atoms with Crippen molar-refractivity contribution in [3.8, 4) is 22.3 Å². The van der Waals surface area contributed by atoms with E-state index in [4.69, 9.17) is 0 Å². The van der Waals surface area contributed by atoms with Gasteiger partial charge in [-0.2, -0.15) is 0 Å². The van der Waals surface area contributed by atoms with Crippen LogP contribution in [-0.4, -0.2) is 0 Å². The van der Waals surface area contributed by atoms with Crippen molar-refractivity contribution in [1.29, 1.82) is 0 Å². The SMILES string of the molecule is CCCCc1ccc(C(CCC)c2ccc(CCCC)c(-c3ccc(C)c(C(C)(C)C)c3)c2C)c(C)c1-c1ccc(C)c(C(C)(C)C)c1. The summed E-state index contributed by atoms with van der Waals surface area (Å²) in [6, 6.07) is 24.4. The standard InChI is InChI=1S/C48H66/c1-14-17-20-36-26-28-40(34(6)45(36)38-24-22-32(4)43(30-38)47(8,9)10)42(19-16-3)41-29-27-37(21-18-15-2)46(35(41)7)39-25-23-33(5)44(31-39)48(11,12)13/h22-31,42H,14-21H2,1-13H3. The van der Waals surface area contributed by atoms with Gasteiger partial charge in [0.15, 0.2) is 0 Å². The highest BCUT2D eigenvalue weighted by molar-refractivity contribution is 5.76. The van der Waals surface area contributed by atoms with E-state index in [1.165, 1.54) is 104 Å². The van der Waals surface area contributed by atoms with Gasteiger partial charge in [0.25, 0.3) is 0 Å². The first-order chi connectivity index (χ1) is 22.6. The lowest BCUT2D eigenvalue weighted by atomic mass is 9.76. The molecule has 0 radical (unpaired) electrons. The van der Waals surface area contributed by atoms with Crippen LogP contribution in [0.1, 0.15) is 162 Å². The second-order valence-corrected chi connectivity index (χ2v) is 16.7. The van der Waals surface area contributed by atoms with Gasteiger partial charge in [0.05, 0.1) is 0 Å². The molecule has 0 aliphatic carbocycles. The zero-order valence-corrected chi connectivity index (χ0v) is 33.0. The van der Waals surface area contributed by atoms with Crippen molar-refractivity contribution in [2.45, 2.75) is 158 Å². The Morgan fingerprint density at radius 2 is 0.896 bits per heavy atom. The van der Waals surface area contributed by atoms with Crippen molar-refractivity contribution >= 4 is 0 Å². The Hall–Kier alpha value is -3.12. The molecule has 0 aliphatic heterocycles. The van der Waals surface area contributed by atoms with Gasteiger partial charge in [-0.1, -0.05) is 142 Å². The molecule has 0 bridgehead atoms. The number of rotatable bonds is 12. The molecule has 0 heterocycles. The summed E-state index contributed by atoms with van der Waals surface area (Å²) in [5.74, 6) is 0.355. The minimum absolute atomic E-state index is 0.107. The highest BCUT2D eigenvalue weighted by Crippen LogP contribution is 2.43. The fraction of sp³-hybridized carbons (Fsp3) is 0.500. The lowest BCUT2D eigenvalue weighted by Crippen LogP contribution is -2.14. The van der Waals surface area contributed by atoms with E-state index >= 15 is 0 Å². The third-order valence-electron chi connectivity index (χ3n) is 10.8. The quantitative estimate of drug-likeness (QED) is 0.144. The summed E-state index contributed by atoms with van der Waals surface area (Å²) in [7, 11) is 0. The molecule has 0 spiro atoms. The normalized spacial score (nSPS) is 12.3. The second-order valence-electron chi connectivity index (χ2n) is 16.7. The lowest BCUT2D eigenvalue weighted by molar-refractivity contribution is 0.586. The molecule has 0 aromatic heterocycles. The monoisotopic (exact) mass is 643 g/mol. The molecule has 4 aromatic rings. The van der Waals surface area contributed by atoms with Gasteiger partial charge in [0.2, 0.25) is 0 Å². The molecule has 48 heavy (non-hydrogen) atoms. The summed E-state index contributed by atoms with van der Waals surface area (Å²) in [4.78, 5) is 0.